The molecule has 4 heteroatoms. The Bertz CT molecular complexity index is 586. The molecule has 17 heavy (non-hydrogen) atoms. The number of rotatable bonds is 2. The van der Waals surface area contributed by atoms with Crippen LogP contribution in [0.15, 0.2) is 39.4 Å². The van der Waals surface area contributed by atoms with Crippen LogP contribution in [0.25, 0.3) is 0 Å². The molecule has 0 bridgehead atoms. The number of hydrogen-bond donors (Lipinski definition) is 0. The lowest BCUT2D eigenvalue weighted by molar-refractivity contribution is 0.100. The predicted octanol–water partition coefficient (Wildman–Crippen LogP) is 3.21. The fourth-order valence-corrected chi connectivity index (χ4v) is 2.27. The molecule has 0 amide bonds. The van der Waals surface area contributed by atoms with E-state index >= 15 is 0 Å². The van der Waals surface area contributed by atoms with Gasteiger partial charge in [-0.15, -0.1) is 0 Å². The van der Waals surface area contributed by atoms with Crippen molar-refractivity contribution in [3.8, 4) is 5.75 Å². The summed E-state index contributed by atoms with van der Waals surface area (Å²) in [6, 6.07) is 8.98. The molecule has 1 aliphatic rings. The van der Waals surface area contributed by atoms with Gasteiger partial charge >= 0.3 is 0 Å². The molecule has 1 aromatic heterocycles. The van der Waals surface area contributed by atoms with Gasteiger partial charge in [0.1, 0.15) is 5.75 Å². The zero-order valence-electron chi connectivity index (χ0n) is 8.90. The average molecular weight is 293 g/mol. The standard InChI is InChI=1S/C13H9BrO3/c14-11-5-4-10(17-11)12(15)9-3-1-2-8-6-7-16-13(8)9/h1-5H,6-7H2. The maximum atomic E-state index is 12.2. The van der Waals surface area contributed by atoms with Crippen molar-refractivity contribution in [3.05, 3.63) is 51.9 Å². The van der Waals surface area contributed by atoms with E-state index in [1.807, 2.05) is 12.1 Å². The van der Waals surface area contributed by atoms with Crippen molar-refractivity contribution < 1.29 is 13.9 Å². The SMILES string of the molecule is O=C(c1ccc(Br)o1)c1cccc2c1OCC2. The normalized spacial score (nSPS) is 13.2. The molecule has 86 valence electrons. The van der Waals surface area contributed by atoms with E-state index in [1.165, 1.54) is 0 Å². The Labute approximate surface area is 107 Å². The van der Waals surface area contributed by atoms with Crippen LogP contribution in [0, 0.1) is 0 Å². The second-order valence-electron chi connectivity index (χ2n) is 3.83. The molecule has 3 nitrogen and oxygen atoms in total. The summed E-state index contributed by atoms with van der Waals surface area (Å²) in [7, 11) is 0. The van der Waals surface area contributed by atoms with Crippen LogP contribution in [0.1, 0.15) is 21.7 Å². The molecule has 1 aliphatic heterocycles. The van der Waals surface area contributed by atoms with Gasteiger partial charge in [0.15, 0.2) is 10.4 Å². The van der Waals surface area contributed by atoms with Crippen LogP contribution >= 0.6 is 15.9 Å². The Hall–Kier alpha value is -1.55. The zero-order valence-corrected chi connectivity index (χ0v) is 10.5. The first-order valence-electron chi connectivity index (χ1n) is 5.30. The molecule has 0 N–H and O–H groups in total. The molecular formula is C13H9BrO3. The van der Waals surface area contributed by atoms with Gasteiger partial charge in [-0.3, -0.25) is 4.79 Å². The van der Waals surface area contributed by atoms with Crippen molar-refractivity contribution in [3.63, 3.8) is 0 Å². The van der Waals surface area contributed by atoms with Crippen molar-refractivity contribution in [1.82, 2.24) is 0 Å². The van der Waals surface area contributed by atoms with Crippen molar-refractivity contribution >= 4 is 21.7 Å². The Morgan fingerprint density at radius 3 is 2.88 bits per heavy atom. The number of furan rings is 1. The van der Waals surface area contributed by atoms with Gasteiger partial charge in [0.05, 0.1) is 12.2 Å². The summed E-state index contributed by atoms with van der Waals surface area (Å²) in [6.07, 6.45) is 0.859. The first-order chi connectivity index (χ1) is 8.25. The fraction of sp³-hybridized carbons (Fsp3) is 0.154. The van der Waals surface area contributed by atoms with Crippen LogP contribution in [0.3, 0.4) is 0 Å². The van der Waals surface area contributed by atoms with Crippen molar-refractivity contribution in [2.45, 2.75) is 6.42 Å². The Morgan fingerprint density at radius 2 is 2.12 bits per heavy atom. The van der Waals surface area contributed by atoms with E-state index in [0.29, 0.717) is 28.3 Å². The van der Waals surface area contributed by atoms with E-state index in [0.717, 1.165) is 12.0 Å². The topological polar surface area (TPSA) is 39.4 Å². The van der Waals surface area contributed by atoms with Crippen LogP contribution in [-0.2, 0) is 6.42 Å². The van der Waals surface area contributed by atoms with E-state index in [4.69, 9.17) is 9.15 Å². The van der Waals surface area contributed by atoms with E-state index in [9.17, 15) is 4.79 Å². The van der Waals surface area contributed by atoms with Gasteiger partial charge in [-0.25, -0.2) is 0 Å². The summed E-state index contributed by atoms with van der Waals surface area (Å²) in [5.41, 5.74) is 1.66. The van der Waals surface area contributed by atoms with Crippen LogP contribution in [0.4, 0.5) is 0 Å². The number of para-hydroxylation sites is 1. The molecule has 2 heterocycles. The molecule has 0 saturated carbocycles. The monoisotopic (exact) mass is 292 g/mol. The molecule has 0 saturated heterocycles. The van der Waals surface area contributed by atoms with Gasteiger partial charge in [-0.2, -0.15) is 0 Å². The molecule has 0 unspecified atom stereocenters. The molecular weight excluding hydrogens is 284 g/mol. The molecule has 0 spiro atoms. The Balaban J connectivity index is 2.05. The number of ketones is 1. The third-order valence-corrected chi connectivity index (χ3v) is 3.18. The molecule has 0 aliphatic carbocycles. The molecule has 0 atom stereocenters. The lowest BCUT2D eigenvalue weighted by atomic mass is 10.0. The van der Waals surface area contributed by atoms with Crippen LogP contribution in [0.5, 0.6) is 5.75 Å². The maximum absolute atomic E-state index is 12.2. The molecule has 2 aromatic rings. The third kappa shape index (κ3) is 1.78. The minimum Gasteiger partial charge on any atom is -0.492 e. The van der Waals surface area contributed by atoms with E-state index in [1.54, 1.807) is 18.2 Å². The van der Waals surface area contributed by atoms with Gasteiger partial charge < -0.3 is 9.15 Å². The van der Waals surface area contributed by atoms with Gasteiger partial charge in [0, 0.05) is 6.42 Å². The summed E-state index contributed by atoms with van der Waals surface area (Å²) >= 11 is 3.19. The summed E-state index contributed by atoms with van der Waals surface area (Å²) in [4.78, 5) is 12.2. The predicted molar refractivity (Wildman–Crippen MR) is 65.5 cm³/mol. The fourth-order valence-electron chi connectivity index (χ4n) is 1.96. The Kier molecular flexibility index (Phi) is 2.52. The van der Waals surface area contributed by atoms with Crippen molar-refractivity contribution in [2.24, 2.45) is 0 Å². The number of benzene rings is 1. The van der Waals surface area contributed by atoms with Crippen LogP contribution < -0.4 is 4.74 Å². The minimum absolute atomic E-state index is 0.144. The number of ether oxygens (including phenoxy) is 1. The lowest BCUT2D eigenvalue weighted by Gasteiger charge is -2.04. The first kappa shape index (κ1) is 10.6. The minimum atomic E-state index is -0.144. The molecule has 3 rings (SSSR count). The zero-order chi connectivity index (χ0) is 11.8. The summed E-state index contributed by atoms with van der Waals surface area (Å²) < 4.78 is 11.3. The highest BCUT2D eigenvalue weighted by atomic mass is 79.9. The largest absolute Gasteiger partial charge is 0.492 e. The number of hydrogen-bond acceptors (Lipinski definition) is 3. The Morgan fingerprint density at radius 1 is 1.24 bits per heavy atom. The number of fused-ring (bicyclic) bond motifs is 1. The molecule has 0 radical (unpaired) electrons. The first-order valence-corrected chi connectivity index (χ1v) is 6.10. The summed E-state index contributed by atoms with van der Waals surface area (Å²) in [5, 5.41) is 0. The molecule has 1 aromatic carbocycles. The number of carbonyl (C=O) groups is 1. The van der Waals surface area contributed by atoms with Gasteiger partial charge in [-0.05, 0) is 39.7 Å². The van der Waals surface area contributed by atoms with Gasteiger partial charge in [0.2, 0.25) is 5.78 Å². The quantitative estimate of drug-likeness (QED) is 0.798. The van der Waals surface area contributed by atoms with E-state index in [2.05, 4.69) is 15.9 Å². The average Bonchev–Trinajstić information content (AvgIpc) is 2.95. The van der Waals surface area contributed by atoms with E-state index < -0.39 is 0 Å². The smallest absolute Gasteiger partial charge is 0.231 e. The second-order valence-corrected chi connectivity index (χ2v) is 4.61. The summed E-state index contributed by atoms with van der Waals surface area (Å²) in [5.74, 6) is 0.875. The van der Waals surface area contributed by atoms with Crippen LogP contribution in [0.2, 0.25) is 0 Å². The second kappa shape index (κ2) is 4.04. The number of carbonyl (C=O) groups excluding carboxylic acids is 1. The highest BCUT2D eigenvalue weighted by Crippen LogP contribution is 2.31. The third-order valence-electron chi connectivity index (χ3n) is 2.76. The molecule has 0 fully saturated rings. The van der Waals surface area contributed by atoms with Crippen molar-refractivity contribution in [2.75, 3.05) is 6.61 Å². The van der Waals surface area contributed by atoms with Crippen molar-refractivity contribution in [1.29, 1.82) is 0 Å². The highest BCUT2D eigenvalue weighted by Gasteiger charge is 2.23. The number of halogens is 1. The van der Waals surface area contributed by atoms with Gasteiger partial charge in [0.25, 0.3) is 0 Å². The summed E-state index contributed by atoms with van der Waals surface area (Å²) in [6.45, 7) is 0.640. The maximum Gasteiger partial charge on any atom is 0.231 e. The lowest BCUT2D eigenvalue weighted by Crippen LogP contribution is -2.02. The van der Waals surface area contributed by atoms with Crippen LogP contribution in [-0.4, -0.2) is 12.4 Å². The highest BCUT2D eigenvalue weighted by molar-refractivity contribution is 9.10. The van der Waals surface area contributed by atoms with E-state index in [-0.39, 0.29) is 5.78 Å². The van der Waals surface area contributed by atoms with Gasteiger partial charge in [-0.1, -0.05) is 12.1 Å².